The number of fused-ring (bicyclic) bond motifs is 2. The summed E-state index contributed by atoms with van der Waals surface area (Å²) >= 11 is 1.09. The summed E-state index contributed by atoms with van der Waals surface area (Å²) < 4.78 is 27.5. The molecule has 0 amide bonds. The highest BCUT2D eigenvalue weighted by Gasteiger charge is 2.37. The van der Waals surface area contributed by atoms with E-state index in [2.05, 4.69) is 5.32 Å². The third-order valence-electron chi connectivity index (χ3n) is 4.50. The number of thiophene rings is 1. The lowest BCUT2D eigenvalue weighted by Gasteiger charge is -2.15. The molecule has 8 heteroatoms. The summed E-state index contributed by atoms with van der Waals surface area (Å²) in [6.07, 6.45) is 0.545. The molecule has 0 saturated heterocycles. The summed E-state index contributed by atoms with van der Waals surface area (Å²) in [6.45, 7) is 1.77. The highest BCUT2D eigenvalue weighted by atomic mass is 32.2. The molecular formula is C16H16N2O4S2. The van der Waals surface area contributed by atoms with Crippen molar-refractivity contribution in [2.24, 2.45) is 0 Å². The predicted octanol–water partition coefficient (Wildman–Crippen LogP) is 1.80. The highest BCUT2D eigenvalue weighted by molar-refractivity contribution is 7.91. The third kappa shape index (κ3) is 2.37. The maximum Gasteiger partial charge on any atom is 0.338 e. The molecule has 0 unspecified atom stereocenters. The molecule has 24 heavy (non-hydrogen) atoms. The molecule has 2 aromatic rings. The van der Waals surface area contributed by atoms with Gasteiger partial charge in [-0.2, -0.15) is 4.31 Å². The lowest BCUT2D eigenvalue weighted by atomic mass is 10.1. The Bertz CT molecular complexity index is 909. The maximum atomic E-state index is 13.1. The van der Waals surface area contributed by atoms with Crippen LogP contribution in [0.5, 0.6) is 0 Å². The Balaban J connectivity index is 1.79. The maximum absolute atomic E-state index is 13.1. The Kier molecular flexibility index (Phi) is 3.72. The number of nitrogens with one attached hydrogen (secondary N) is 1. The molecule has 2 aliphatic rings. The van der Waals surface area contributed by atoms with Crippen molar-refractivity contribution in [1.29, 1.82) is 0 Å². The van der Waals surface area contributed by atoms with Crippen LogP contribution >= 0.6 is 11.3 Å². The van der Waals surface area contributed by atoms with Crippen LogP contribution in [0.2, 0.25) is 0 Å². The van der Waals surface area contributed by atoms with E-state index in [1.165, 1.54) is 4.31 Å². The van der Waals surface area contributed by atoms with Gasteiger partial charge in [-0.1, -0.05) is 24.3 Å². The van der Waals surface area contributed by atoms with Crippen LogP contribution in [0.25, 0.3) is 0 Å². The van der Waals surface area contributed by atoms with Gasteiger partial charge in [0.15, 0.2) is 0 Å². The summed E-state index contributed by atoms with van der Waals surface area (Å²) in [5.74, 6) is -1.16. The number of aromatic carboxylic acids is 1. The first-order chi connectivity index (χ1) is 11.5. The molecule has 1 aromatic heterocycles. The number of benzene rings is 1. The summed E-state index contributed by atoms with van der Waals surface area (Å²) in [7, 11) is -3.83. The Morgan fingerprint density at radius 3 is 2.50 bits per heavy atom. The van der Waals surface area contributed by atoms with E-state index < -0.39 is 16.0 Å². The molecule has 0 aliphatic carbocycles. The Morgan fingerprint density at radius 1 is 1.21 bits per heavy atom. The zero-order valence-electron chi connectivity index (χ0n) is 12.8. The molecule has 0 spiro atoms. The van der Waals surface area contributed by atoms with Crippen LogP contribution in [0.4, 0.5) is 0 Å². The number of rotatable bonds is 3. The molecule has 0 fully saturated rings. The number of nitrogens with zero attached hydrogens (tertiary/aromatic N) is 1. The van der Waals surface area contributed by atoms with Gasteiger partial charge in [-0.15, -0.1) is 11.3 Å². The van der Waals surface area contributed by atoms with Crippen molar-refractivity contribution in [3.05, 3.63) is 51.4 Å². The number of carboxylic acids is 1. The van der Waals surface area contributed by atoms with Gasteiger partial charge in [0.25, 0.3) is 10.0 Å². The Hall–Kier alpha value is -1.74. The first-order valence-corrected chi connectivity index (χ1v) is 9.89. The lowest BCUT2D eigenvalue weighted by Crippen LogP contribution is -2.27. The fourth-order valence-electron chi connectivity index (χ4n) is 3.30. The van der Waals surface area contributed by atoms with Crippen LogP contribution < -0.4 is 5.32 Å². The van der Waals surface area contributed by atoms with Crippen LogP contribution in [0, 0.1) is 0 Å². The van der Waals surface area contributed by atoms with E-state index in [9.17, 15) is 18.3 Å². The average molecular weight is 364 g/mol. The van der Waals surface area contributed by atoms with Crippen molar-refractivity contribution in [3.8, 4) is 0 Å². The van der Waals surface area contributed by atoms with Crippen molar-refractivity contribution in [2.75, 3.05) is 6.54 Å². The second-order valence-electron chi connectivity index (χ2n) is 5.94. The number of hydrogen-bond donors (Lipinski definition) is 2. The molecule has 3 heterocycles. The quantitative estimate of drug-likeness (QED) is 0.867. The number of carboxylic acid groups (broad SMARTS) is 1. The topological polar surface area (TPSA) is 86.7 Å². The molecule has 4 rings (SSSR count). The minimum Gasteiger partial charge on any atom is -0.478 e. The molecule has 126 valence electrons. The zero-order chi connectivity index (χ0) is 16.9. The van der Waals surface area contributed by atoms with Crippen molar-refractivity contribution in [2.45, 2.75) is 30.3 Å². The van der Waals surface area contributed by atoms with E-state index in [4.69, 9.17) is 0 Å². The van der Waals surface area contributed by atoms with Crippen LogP contribution in [-0.4, -0.2) is 30.3 Å². The van der Waals surface area contributed by atoms with Gasteiger partial charge in [0.1, 0.15) is 4.21 Å². The molecule has 2 N–H and O–H groups in total. The first kappa shape index (κ1) is 15.8. The molecule has 0 atom stereocenters. The predicted molar refractivity (Wildman–Crippen MR) is 89.6 cm³/mol. The monoisotopic (exact) mass is 364 g/mol. The van der Waals surface area contributed by atoms with Crippen molar-refractivity contribution in [3.63, 3.8) is 0 Å². The van der Waals surface area contributed by atoms with Gasteiger partial charge in [0.2, 0.25) is 0 Å². The highest BCUT2D eigenvalue weighted by Crippen LogP contribution is 2.38. The minimum atomic E-state index is -3.83. The fraction of sp³-hybridized carbons (Fsp3) is 0.312. The van der Waals surface area contributed by atoms with Gasteiger partial charge in [0.05, 0.1) is 5.56 Å². The van der Waals surface area contributed by atoms with Crippen LogP contribution in [0.3, 0.4) is 0 Å². The van der Waals surface area contributed by atoms with E-state index in [1.807, 2.05) is 24.3 Å². The summed E-state index contributed by atoms with van der Waals surface area (Å²) in [4.78, 5) is 12.6. The largest absolute Gasteiger partial charge is 0.478 e. The number of sulfonamides is 1. The number of carbonyl (C=O) groups is 1. The van der Waals surface area contributed by atoms with E-state index >= 15 is 0 Å². The molecule has 0 radical (unpaired) electrons. The lowest BCUT2D eigenvalue weighted by molar-refractivity contribution is 0.0692. The summed E-state index contributed by atoms with van der Waals surface area (Å²) in [5, 5.41) is 12.8. The fourth-order valence-corrected chi connectivity index (χ4v) is 6.69. The van der Waals surface area contributed by atoms with Gasteiger partial charge >= 0.3 is 5.97 Å². The van der Waals surface area contributed by atoms with Gasteiger partial charge in [0, 0.05) is 24.5 Å². The van der Waals surface area contributed by atoms with Gasteiger partial charge in [-0.05, 0) is 29.7 Å². The number of hydrogen-bond acceptors (Lipinski definition) is 5. The molecule has 2 aliphatic heterocycles. The summed E-state index contributed by atoms with van der Waals surface area (Å²) in [5.41, 5.74) is 2.58. The van der Waals surface area contributed by atoms with Gasteiger partial charge in [-0.3, -0.25) is 0 Å². The first-order valence-electron chi connectivity index (χ1n) is 7.64. The summed E-state index contributed by atoms with van der Waals surface area (Å²) in [6, 6.07) is 7.58. The Morgan fingerprint density at radius 2 is 1.88 bits per heavy atom. The minimum absolute atomic E-state index is 0.0310. The van der Waals surface area contributed by atoms with E-state index in [0.29, 0.717) is 38.2 Å². The molecule has 0 bridgehead atoms. The van der Waals surface area contributed by atoms with Crippen LogP contribution in [-0.2, 0) is 36.1 Å². The van der Waals surface area contributed by atoms with Crippen molar-refractivity contribution in [1.82, 2.24) is 9.62 Å². The van der Waals surface area contributed by atoms with Crippen LogP contribution in [0.15, 0.2) is 28.5 Å². The van der Waals surface area contributed by atoms with E-state index in [0.717, 1.165) is 27.3 Å². The SMILES string of the molecule is O=C(O)c1c(S(=O)(=O)N2Cc3ccccc3C2)sc2c1CCNC2. The smallest absolute Gasteiger partial charge is 0.338 e. The van der Waals surface area contributed by atoms with Crippen LogP contribution in [0.1, 0.15) is 31.9 Å². The Labute approximate surface area is 143 Å². The molecule has 6 nitrogen and oxygen atoms in total. The van der Waals surface area contributed by atoms with Gasteiger partial charge < -0.3 is 10.4 Å². The molecular weight excluding hydrogens is 348 g/mol. The normalized spacial score (nSPS) is 17.5. The van der Waals surface area contributed by atoms with E-state index in [-0.39, 0.29) is 9.77 Å². The standard InChI is InChI=1S/C16H16N2O4S2/c19-15(20)14-12-5-6-17-7-13(12)23-16(14)24(21,22)18-8-10-3-1-2-4-11(10)9-18/h1-4,17H,5-9H2,(H,19,20). The van der Waals surface area contributed by atoms with Gasteiger partial charge in [-0.25, -0.2) is 13.2 Å². The molecule has 0 saturated carbocycles. The van der Waals surface area contributed by atoms with Crippen molar-refractivity contribution >= 4 is 27.3 Å². The second kappa shape index (κ2) is 5.66. The van der Waals surface area contributed by atoms with E-state index in [1.54, 1.807) is 0 Å². The second-order valence-corrected chi connectivity index (χ2v) is 9.18. The third-order valence-corrected chi connectivity index (χ3v) is 8.01. The van der Waals surface area contributed by atoms with Crippen molar-refractivity contribution < 1.29 is 18.3 Å². The average Bonchev–Trinajstić information content (AvgIpc) is 3.17. The zero-order valence-corrected chi connectivity index (χ0v) is 14.4. The molecule has 1 aromatic carbocycles.